The standard InChI is InChI=1S/C13H12Cl2O2S/c1-17-11-4-2-3-9(14)13(11)10(16)7-8-5-6-12(15)18-8/h2-6,10,16H,7H2,1H3. The minimum atomic E-state index is -0.705. The van der Waals surface area contributed by atoms with E-state index in [-0.39, 0.29) is 0 Å². The Balaban J connectivity index is 2.25. The summed E-state index contributed by atoms with van der Waals surface area (Å²) in [7, 11) is 1.56. The van der Waals surface area contributed by atoms with Gasteiger partial charge in [0.15, 0.2) is 0 Å². The Morgan fingerprint density at radius 1 is 1.28 bits per heavy atom. The van der Waals surface area contributed by atoms with Crippen LogP contribution in [0.1, 0.15) is 16.5 Å². The molecule has 1 N–H and O–H groups in total. The van der Waals surface area contributed by atoms with Gasteiger partial charge >= 0.3 is 0 Å². The van der Waals surface area contributed by atoms with Crippen LogP contribution in [-0.4, -0.2) is 12.2 Å². The maximum Gasteiger partial charge on any atom is 0.126 e. The van der Waals surface area contributed by atoms with E-state index in [2.05, 4.69) is 0 Å². The second-order valence-corrected chi connectivity index (χ2v) is 5.99. The molecule has 0 saturated carbocycles. The fourth-order valence-electron chi connectivity index (χ4n) is 1.77. The van der Waals surface area contributed by atoms with Crippen LogP contribution in [0.5, 0.6) is 5.75 Å². The monoisotopic (exact) mass is 302 g/mol. The molecule has 2 rings (SSSR count). The number of methoxy groups -OCH3 is 1. The topological polar surface area (TPSA) is 29.5 Å². The van der Waals surface area contributed by atoms with Gasteiger partial charge in [-0.05, 0) is 24.3 Å². The summed E-state index contributed by atoms with van der Waals surface area (Å²) in [6.07, 6.45) is -0.235. The highest BCUT2D eigenvalue weighted by Crippen LogP contribution is 2.35. The van der Waals surface area contributed by atoms with Crippen LogP contribution in [0.2, 0.25) is 9.36 Å². The molecule has 0 fully saturated rings. The van der Waals surface area contributed by atoms with Crippen molar-refractivity contribution >= 4 is 34.5 Å². The van der Waals surface area contributed by atoms with Crippen molar-refractivity contribution in [1.82, 2.24) is 0 Å². The number of hydrogen-bond donors (Lipinski definition) is 1. The summed E-state index contributed by atoms with van der Waals surface area (Å²) in [5.74, 6) is 0.595. The fraction of sp³-hybridized carbons (Fsp3) is 0.231. The van der Waals surface area contributed by atoms with Crippen LogP contribution in [0.4, 0.5) is 0 Å². The van der Waals surface area contributed by atoms with E-state index < -0.39 is 6.10 Å². The molecule has 5 heteroatoms. The van der Waals surface area contributed by atoms with Gasteiger partial charge in [-0.1, -0.05) is 29.3 Å². The van der Waals surface area contributed by atoms with Crippen molar-refractivity contribution in [3.05, 3.63) is 50.1 Å². The van der Waals surface area contributed by atoms with Crippen molar-refractivity contribution in [3.63, 3.8) is 0 Å². The van der Waals surface area contributed by atoms with Crippen LogP contribution in [0.25, 0.3) is 0 Å². The predicted octanol–water partition coefficient (Wildman–Crippen LogP) is 4.34. The summed E-state index contributed by atoms with van der Waals surface area (Å²) in [6, 6.07) is 9.03. The first kappa shape index (κ1) is 13.7. The van der Waals surface area contributed by atoms with E-state index in [0.29, 0.717) is 27.1 Å². The van der Waals surface area contributed by atoms with Gasteiger partial charge in [-0.3, -0.25) is 0 Å². The molecule has 0 saturated heterocycles. The molecule has 0 radical (unpaired) electrons. The molecule has 0 aliphatic carbocycles. The second kappa shape index (κ2) is 5.93. The summed E-state index contributed by atoms with van der Waals surface area (Å²) >= 11 is 13.4. The molecule has 0 aliphatic rings. The molecule has 2 nitrogen and oxygen atoms in total. The van der Waals surface area contributed by atoms with Crippen molar-refractivity contribution < 1.29 is 9.84 Å². The van der Waals surface area contributed by atoms with Crippen LogP contribution < -0.4 is 4.74 Å². The lowest BCUT2D eigenvalue weighted by atomic mass is 10.0. The number of thiophene rings is 1. The van der Waals surface area contributed by atoms with Crippen LogP contribution in [0.3, 0.4) is 0 Å². The van der Waals surface area contributed by atoms with E-state index in [1.807, 2.05) is 12.1 Å². The average Bonchev–Trinajstić information content (AvgIpc) is 2.74. The molecule has 1 heterocycles. The molecule has 0 spiro atoms. The summed E-state index contributed by atoms with van der Waals surface area (Å²) < 4.78 is 5.93. The number of hydrogen-bond acceptors (Lipinski definition) is 3. The van der Waals surface area contributed by atoms with E-state index in [1.165, 1.54) is 11.3 Å². The SMILES string of the molecule is COc1cccc(Cl)c1C(O)Cc1ccc(Cl)s1. The highest BCUT2D eigenvalue weighted by molar-refractivity contribution is 7.16. The Morgan fingerprint density at radius 2 is 2.06 bits per heavy atom. The Bertz CT molecular complexity index is 540. The lowest BCUT2D eigenvalue weighted by Gasteiger charge is -2.15. The number of aliphatic hydroxyl groups is 1. The van der Waals surface area contributed by atoms with E-state index in [1.54, 1.807) is 25.3 Å². The Morgan fingerprint density at radius 3 is 2.67 bits per heavy atom. The Labute approximate surface area is 120 Å². The van der Waals surface area contributed by atoms with Crippen molar-refractivity contribution in [2.45, 2.75) is 12.5 Å². The van der Waals surface area contributed by atoms with Gasteiger partial charge in [-0.2, -0.15) is 0 Å². The summed E-state index contributed by atoms with van der Waals surface area (Å²) in [6.45, 7) is 0. The third-order valence-electron chi connectivity index (χ3n) is 2.59. The number of benzene rings is 1. The van der Waals surface area contributed by atoms with Gasteiger partial charge in [0, 0.05) is 16.9 Å². The van der Waals surface area contributed by atoms with Gasteiger partial charge in [-0.15, -0.1) is 11.3 Å². The normalized spacial score (nSPS) is 12.4. The van der Waals surface area contributed by atoms with Gasteiger partial charge in [-0.25, -0.2) is 0 Å². The van der Waals surface area contributed by atoms with Crippen LogP contribution in [-0.2, 0) is 6.42 Å². The zero-order valence-electron chi connectivity index (χ0n) is 9.69. The molecular formula is C13H12Cl2O2S. The molecule has 1 aromatic carbocycles. The number of aliphatic hydroxyl groups excluding tert-OH is 1. The molecular weight excluding hydrogens is 291 g/mol. The summed E-state index contributed by atoms with van der Waals surface area (Å²) in [5.41, 5.74) is 0.617. The van der Waals surface area contributed by atoms with Gasteiger partial charge in [0.25, 0.3) is 0 Å². The zero-order chi connectivity index (χ0) is 13.1. The van der Waals surface area contributed by atoms with Crippen LogP contribution >= 0.6 is 34.5 Å². The maximum absolute atomic E-state index is 10.3. The largest absolute Gasteiger partial charge is 0.496 e. The first-order valence-corrected chi connectivity index (χ1v) is 6.93. The van der Waals surface area contributed by atoms with Crippen LogP contribution in [0, 0.1) is 0 Å². The minimum Gasteiger partial charge on any atom is -0.496 e. The summed E-state index contributed by atoms with van der Waals surface area (Å²) in [4.78, 5) is 1.01. The van der Waals surface area contributed by atoms with Crippen molar-refractivity contribution in [2.75, 3.05) is 7.11 Å². The molecule has 96 valence electrons. The van der Waals surface area contributed by atoms with E-state index in [0.717, 1.165) is 4.88 Å². The minimum absolute atomic E-state index is 0.470. The summed E-state index contributed by atoms with van der Waals surface area (Å²) in [5, 5.41) is 10.8. The number of rotatable bonds is 4. The van der Waals surface area contributed by atoms with E-state index in [4.69, 9.17) is 27.9 Å². The van der Waals surface area contributed by atoms with E-state index >= 15 is 0 Å². The highest BCUT2D eigenvalue weighted by Gasteiger charge is 2.18. The predicted molar refractivity (Wildman–Crippen MR) is 76.0 cm³/mol. The molecule has 1 aromatic heterocycles. The zero-order valence-corrected chi connectivity index (χ0v) is 12.0. The number of ether oxygens (including phenoxy) is 1. The van der Waals surface area contributed by atoms with Gasteiger partial charge in [0.1, 0.15) is 5.75 Å². The molecule has 0 amide bonds. The first-order chi connectivity index (χ1) is 8.61. The van der Waals surface area contributed by atoms with E-state index in [9.17, 15) is 5.11 Å². The van der Waals surface area contributed by atoms with Crippen LogP contribution in [0.15, 0.2) is 30.3 Å². The average molecular weight is 303 g/mol. The third kappa shape index (κ3) is 2.98. The smallest absolute Gasteiger partial charge is 0.126 e. The molecule has 1 unspecified atom stereocenters. The fourth-order valence-corrected chi connectivity index (χ4v) is 3.19. The molecule has 2 aromatic rings. The second-order valence-electron chi connectivity index (χ2n) is 3.78. The molecule has 0 aliphatic heterocycles. The first-order valence-electron chi connectivity index (χ1n) is 5.36. The lowest BCUT2D eigenvalue weighted by molar-refractivity contribution is 0.175. The van der Waals surface area contributed by atoms with Crippen molar-refractivity contribution in [1.29, 1.82) is 0 Å². The maximum atomic E-state index is 10.3. The number of halogens is 2. The van der Waals surface area contributed by atoms with Crippen molar-refractivity contribution in [2.24, 2.45) is 0 Å². The highest BCUT2D eigenvalue weighted by atomic mass is 35.5. The Kier molecular flexibility index (Phi) is 4.51. The molecule has 1 atom stereocenters. The van der Waals surface area contributed by atoms with Gasteiger partial charge < -0.3 is 9.84 Å². The van der Waals surface area contributed by atoms with Crippen molar-refractivity contribution in [3.8, 4) is 5.75 Å². The third-order valence-corrected chi connectivity index (χ3v) is 4.17. The molecule has 0 bridgehead atoms. The quantitative estimate of drug-likeness (QED) is 0.910. The lowest BCUT2D eigenvalue weighted by Crippen LogP contribution is -2.04. The Hall–Kier alpha value is -0.740. The molecule has 18 heavy (non-hydrogen) atoms. The van der Waals surface area contributed by atoms with Gasteiger partial charge in [0.05, 0.1) is 22.6 Å². The van der Waals surface area contributed by atoms with Gasteiger partial charge in [0.2, 0.25) is 0 Å².